The number of imidazole rings is 1. The van der Waals surface area contributed by atoms with Crippen molar-refractivity contribution in [3.05, 3.63) is 12.7 Å². The van der Waals surface area contributed by atoms with Gasteiger partial charge in [-0.05, 0) is 20.3 Å². The van der Waals surface area contributed by atoms with Crippen LogP contribution in [0, 0.1) is 5.41 Å². The van der Waals surface area contributed by atoms with E-state index in [4.69, 9.17) is 5.11 Å². The molecule has 0 saturated carbocycles. The van der Waals surface area contributed by atoms with Crippen LogP contribution in [0.2, 0.25) is 0 Å². The third-order valence-electron chi connectivity index (χ3n) is 2.73. The molecular weight excluding hydrogens is 252 g/mol. The second kappa shape index (κ2) is 4.93. The van der Waals surface area contributed by atoms with Crippen LogP contribution < -0.4 is 0 Å². The van der Waals surface area contributed by atoms with Gasteiger partial charge in [0.25, 0.3) is 0 Å². The molecule has 0 aliphatic carbocycles. The highest BCUT2D eigenvalue weighted by atomic mass is 32.2. The van der Waals surface area contributed by atoms with Crippen LogP contribution in [0.4, 0.5) is 0 Å². The maximum Gasteiger partial charge on any atom is 0.309 e. The number of thioether (sulfide) groups is 1. The lowest BCUT2D eigenvalue weighted by molar-refractivity contribution is -0.146. The molecule has 2 rings (SSSR count). The van der Waals surface area contributed by atoms with Gasteiger partial charge in [-0.1, -0.05) is 0 Å². The van der Waals surface area contributed by atoms with Gasteiger partial charge in [0, 0.05) is 5.75 Å². The van der Waals surface area contributed by atoms with E-state index in [1.165, 1.54) is 18.1 Å². The highest BCUT2D eigenvalue weighted by Crippen LogP contribution is 2.28. The number of carboxylic acid groups (broad SMARTS) is 1. The lowest BCUT2D eigenvalue weighted by Crippen LogP contribution is -2.24. The second-order valence-corrected chi connectivity index (χ2v) is 5.65. The summed E-state index contributed by atoms with van der Waals surface area (Å²) in [6.07, 6.45) is 3.62. The Morgan fingerprint density at radius 3 is 2.94 bits per heavy atom. The van der Waals surface area contributed by atoms with E-state index in [2.05, 4.69) is 19.9 Å². The Hall–Kier alpha value is -1.63. The number of aromatic amines is 1. The summed E-state index contributed by atoms with van der Waals surface area (Å²) in [5, 5.41) is 9.83. The van der Waals surface area contributed by atoms with E-state index < -0.39 is 11.4 Å². The summed E-state index contributed by atoms with van der Waals surface area (Å²) in [6.45, 7) is 3.45. The monoisotopic (exact) mass is 266 g/mol. The number of fused-ring (bicyclic) bond motifs is 1. The quantitative estimate of drug-likeness (QED) is 0.634. The molecule has 0 aliphatic heterocycles. The number of rotatable bonds is 5. The lowest BCUT2D eigenvalue weighted by Gasteiger charge is -2.18. The molecule has 0 atom stereocenters. The number of nitrogens with one attached hydrogen (secondary N) is 1. The van der Waals surface area contributed by atoms with Crippen molar-refractivity contribution in [2.24, 2.45) is 5.41 Å². The normalized spacial score (nSPS) is 11.9. The SMILES string of the molecule is CC(C)(CCSc1ncnc2nc[nH]c12)C(=O)O. The van der Waals surface area contributed by atoms with E-state index in [1.807, 2.05) is 0 Å². The van der Waals surface area contributed by atoms with E-state index in [0.29, 0.717) is 17.8 Å². The van der Waals surface area contributed by atoms with Gasteiger partial charge in [-0.25, -0.2) is 15.0 Å². The van der Waals surface area contributed by atoms with Crippen LogP contribution in [0.15, 0.2) is 17.7 Å². The molecule has 2 N–H and O–H groups in total. The van der Waals surface area contributed by atoms with Gasteiger partial charge >= 0.3 is 5.97 Å². The third-order valence-corrected chi connectivity index (χ3v) is 3.72. The van der Waals surface area contributed by atoms with Crippen LogP contribution in [0.3, 0.4) is 0 Å². The van der Waals surface area contributed by atoms with Crippen molar-refractivity contribution in [1.29, 1.82) is 0 Å². The summed E-state index contributed by atoms with van der Waals surface area (Å²) in [5.74, 6) is -0.0952. The molecule has 0 aromatic carbocycles. The number of H-pyrrole nitrogens is 1. The molecule has 2 heterocycles. The topological polar surface area (TPSA) is 91.8 Å². The number of carboxylic acids is 1. The fraction of sp³-hybridized carbons (Fsp3) is 0.455. The molecule has 0 bridgehead atoms. The van der Waals surface area contributed by atoms with Gasteiger partial charge in [-0.3, -0.25) is 4.79 Å². The molecule has 2 aromatic heterocycles. The summed E-state index contributed by atoms with van der Waals surface area (Å²) >= 11 is 1.51. The van der Waals surface area contributed by atoms with Crippen LogP contribution in [-0.4, -0.2) is 36.8 Å². The molecule has 0 radical (unpaired) electrons. The van der Waals surface area contributed by atoms with Gasteiger partial charge < -0.3 is 10.1 Å². The van der Waals surface area contributed by atoms with Gasteiger partial charge in [-0.2, -0.15) is 0 Å². The summed E-state index contributed by atoms with van der Waals surface area (Å²) in [4.78, 5) is 26.2. The second-order valence-electron chi connectivity index (χ2n) is 4.57. The minimum absolute atomic E-state index is 0.576. The molecule has 7 heteroatoms. The van der Waals surface area contributed by atoms with E-state index >= 15 is 0 Å². The number of hydrogen-bond donors (Lipinski definition) is 2. The van der Waals surface area contributed by atoms with Crippen molar-refractivity contribution in [1.82, 2.24) is 19.9 Å². The standard InChI is InChI=1S/C11H14N4O2S/c1-11(2,10(16)17)3-4-18-9-7-8(13-5-12-7)14-6-15-9/h5-6H,3-4H2,1-2H3,(H,16,17)(H,12,13,14,15). The third kappa shape index (κ3) is 2.61. The highest BCUT2D eigenvalue weighted by Gasteiger charge is 2.26. The van der Waals surface area contributed by atoms with Gasteiger partial charge in [0.05, 0.1) is 11.7 Å². The smallest absolute Gasteiger partial charge is 0.309 e. The lowest BCUT2D eigenvalue weighted by atomic mass is 9.91. The summed E-state index contributed by atoms with van der Waals surface area (Å²) in [6, 6.07) is 0. The van der Waals surface area contributed by atoms with Gasteiger partial charge in [0.1, 0.15) is 16.9 Å². The number of carbonyl (C=O) groups is 1. The number of aliphatic carboxylic acids is 1. The van der Waals surface area contributed by atoms with Crippen LogP contribution in [-0.2, 0) is 4.79 Å². The molecule has 0 saturated heterocycles. The molecule has 2 aromatic rings. The molecule has 0 aliphatic rings. The fourth-order valence-corrected chi connectivity index (χ4v) is 2.58. The van der Waals surface area contributed by atoms with Gasteiger partial charge in [-0.15, -0.1) is 11.8 Å². The average Bonchev–Trinajstić information content (AvgIpc) is 2.77. The first-order valence-corrected chi connectivity index (χ1v) is 6.49. The first kappa shape index (κ1) is 12.8. The summed E-state index contributed by atoms with van der Waals surface area (Å²) in [7, 11) is 0. The van der Waals surface area contributed by atoms with Crippen molar-refractivity contribution in [3.8, 4) is 0 Å². The van der Waals surface area contributed by atoms with Crippen LogP contribution in [0.25, 0.3) is 11.2 Å². The molecule has 0 amide bonds. The molecule has 6 nitrogen and oxygen atoms in total. The maximum absolute atomic E-state index is 11.0. The Kier molecular flexibility index (Phi) is 3.51. The van der Waals surface area contributed by atoms with E-state index in [-0.39, 0.29) is 0 Å². The minimum Gasteiger partial charge on any atom is -0.481 e. The van der Waals surface area contributed by atoms with Crippen LogP contribution in [0.5, 0.6) is 0 Å². The first-order chi connectivity index (χ1) is 8.50. The van der Waals surface area contributed by atoms with Crippen LogP contribution in [0.1, 0.15) is 20.3 Å². The molecule has 96 valence electrons. The molecule has 0 fully saturated rings. The Morgan fingerprint density at radius 2 is 2.22 bits per heavy atom. The molecule has 0 unspecified atom stereocenters. The molecular formula is C11H14N4O2S. The minimum atomic E-state index is -0.780. The summed E-state index contributed by atoms with van der Waals surface area (Å²) < 4.78 is 0. The zero-order valence-corrected chi connectivity index (χ0v) is 11.0. The van der Waals surface area contributed by atoms with E-state index in [0.717, 1.165) is 10.5 Å². The fourth-order valence-electron chi connectivity index (χ4n) is 1.36. The number of nitrogens with zero attached hydrogens (tertiary/aromatic N) is 3. The highest BCUT2D eigenvalue weighted by molar-refractivity contribution is 7.99. The van der Waals surface area contributed by atoms with E-state index in [9.17, 15) is 4.79 Å². The zero-order valence-electron chi connectivity index (χ0n) is 10.2. The Balaban J connectivity index is 2.03. The van der Waals surface area contributed by atoms with Gasteiger partial charge in [0.15, 0.2) is 5.65 Å². The molecule has 0 spiro atoms. The van der Waals surface area contributed by atoms with Crippen molar-refractivity contribution in [3.63, 3.8) is 0 Å². The Bertz CT molecular complexity index is 567. The molecule has 18 heavy (non-hydrogen) atoms. The van der Waals surface area contributed by atoms with Crippen molar-refractivity contribution < 1.29 is 9.90 Å². The predicted molar refractivity (Wildman–Crippen MR) is 68.4 cm³/mol. The number of hydrogen-bond acceptors (Lipinski definition) is 5. The van der Waals surface area contributed by atoms with Crippen molar-refractivity contribution in [2.45, 2.75) is 25.3 Å². The Morgan fingerprint density at radius 1 is 1.44 bits per heavy atom. The first-order valence-electron chi connectivity index (χ1n) is 5.51. The zero-order chi connectivity index (χ0) is 13.2. The number of aromatic nitrogens is 4. The Labute approximate surface area is 108 Å². The summed E-state index contributed by atoms with van der Waals surface area (Å²) in [5.41, 5.74) is 0.716. The van der Waals surface area contributed by atoms with E-state index in [1.54, 1.807) is 20.2 Å². The average molecular weight is 266 g/mol. The van der Waals surface area contributed by atoms with Crippen LogP contribution >= 0.6 is 11.8 Å². The van der Waals surface area contributed by atoms with Crippen molar-refractivity contribution >= 4 is 28.9 Å². The van der Waals surface area contributed by atoms with Gasteiger partial charge in [0.2, 0.25) is 0 Å². The largest absolute Gasteiger partial charge is 0.481 e. The van der Waals surface area contributed by atoms with Crippen molar-refractivity contribution in [2.75, 3.05) is 5.75 Å². The predicted octanol–water partition coefficient (Wildman–Crippen LogP) is 1.95. The maximum atomic E-state index is 11.0.